The fourth-order valence-corrected chi connectivity index (χ4v) is 2.55. The Kier molecular flexibility index (Phi) is 4.99. The van der Waals surface area contributed by atoms with E-state index in [0.717, 1.165) is 13.0 Å². The van der Waals surface area contributed by atoms with Crippen molar-refractivity contribution < 1.29 is 0 Å². The molecular formula is C10H16BrNS. The minimum atomic E-state index is 0.642. The molecule has 0 saturated heterocycles. The van der Waals surface area contributed by atoms with E-state index in [4.69, 9.17) is 0 Å². The third kappa shape index (κ3) is 4.25. The maximum atomic E-state index is 3.48. The van der Waals surface area contributed by atoms with Gasteiger partial charge in [-0.25, -0.2) is 0 Å². The third-order valence-corrected chi connectivity index (χ3v) is 3.79. The average molecular weight is 262 g/mol. The number of rotatable bonds is 5. The van der Waals surface area contributed by atoms with Crippen molar-refractivity contribution in [1.82, 2.24) is 5.32 Å². The normalized spacial score (nSPS) is 13.2. The molecule has 0 amide bonds. The second-order valence-electron chi connectivity index (χ2n) is 3.22. The SMILES string of the molecule is CCC(C)NCCc1ccc(Br)s1. The molecule has 1 aromatic heterocycles. The Morgan fingerprint density at radius 1 is 1.54 bits per heavy atom. The van der Waals surface area contributed by atoms with E-state index in [1.165, 1.54) is 15.1 Å². The number of hydrogen-bond acceptors (Lipinski definition) is 2. The van der Waals surface area contributed by atoms with E-state index in [9.17, 15) is 0 Å². The van der Waals surface area contributed by atoms with E-state index in [1.54, 1.807) is 0 Å². The highest BCUT2D eigenvalue weighted by atomic mass is 79.9. The first-order valence-electron chi connectivity index (χ1n) is 4.70. The van der Waals surface area contributed by atoms with Crippen LogP contribution in [0.2, 0.25) is 0 Å². The zero-order chi connectivity index (χ0) is 9.68. The fraction of sp³-hybridized carbons (Fsp3) is 0.600. The van der Waals surface area contributed by atoms with Crippen LogP contribution in [0.1, 0.15) is 25.1 Å². The van der Waals surface area contributed by atoms with Gasteiger partial charge in [0.2, 0.25) is 0 Å². The van der Waals surface area contributed by atoms with Crippen molar-refractivity contribution in [1.29, 1.82) is 0 Å². The van der Waals surface area contributed by atoms with Crippen LogP contribution in [-0.4, -0.2) is 12.6 Å². The van der Waals surface area contributed by atoms with Gasteiger partial charge in [-0.2, -0.15) is 0 Å². The maximum absolute atomic E-state index is 3.48. The molecule has 0 spiro atoms. The lowest BCUT2D eigenvalue weighted by atomic mass is 10.2. The highest BCUT2D eigenvalue weighted by Crippen LogP contribution is 2.22. The summed E-state index contributed by atoms with van der Waals surface area (Å²) in [5, 5.41) is 3.48. The van der Waals surface area contributed by atoms with Gasteiger partial charge in [-0.1, -0.05) is 6.92 Å². The molecular weight excluding hydrogens is 246 g/mol. The van der Waals surface area contributed by atoms with Gasteiger partial charge in [0.15, 0.2) is 0 Å². The highest BCUT2D eigenvalue weighted by molar-refractivity contribution is 9.11. The lowest BCUT2D eigenvalue weighted by molar-refractivity contribution is 0.538. The summed E-state index contributed by atoms with van der Waals surface area (Å²) in [6.07, 6.45) is 2.34. The molecule has 1 nitrogen and oxygen atoms in total. The lowest BCUT2D eigenvalue weighted by Gasteiger charge is -2.09. The Hall–Kier alpha value is 0.140. The van der Waals surface area contributed by atoms with Crippen LogP contribution in [0.5, 0.6) is 0 Å². The topological polar surface area (TPSA) is 12.0 Å². The van der Waals surface area contributed by atoms with Gasteiger partial charge in [0.05, 0.1) is 3.79 Å². The van der Waals surface area contributed by atoms with Crippen molar-refractivity contribution in [2.45, 2.75) is 32.7 Å². The van der Waals surface area contributed by atoms with Crippen LogP contribution < -0.4 is 5.32 Å². The predicted octanol–water partition coefficient (Wildman–Crippen LogP) is 3.44. The molecule has 0 bridgehead atoms. The van der Waals surface area contributed by atoms with Gasteiger partial charge in [-0.05, 0) is 47.8 Å². The van der Waals surface area contributed by atoms with Crippen LogP contribution in [0.3, 0.4) is 0 Å². The second kappa shape index (κ2) is 5.78. The minimum absolute atomic E-state index is 0.642. The number of nitrogens with one attached hydrogen (secondary N) is 1. The second-order valence-corrected chi connectivity index (χ2v) is 5.77. The van der Waals surface area contributed by atoms with Crippen molar-refractivity contribution in [3.63, 3.8) is 0 Å². The molecule has 1 rings (SSSR count). The molecule has 3 heteroatoms. The smallest absolute Gasteiger partial charge is 0.0701 e. The molecule has 0 saturated carbocycles. The standard InChI is InChI=1S/C10H16BrNS/c1-3-8(2)12-7-6-9-4-5-10(11)13-9/h4-5,8,12H,3,6-7H2,1-2H3. The Bertz CT molecular complexity index is 247. The number of hydrogen-bond donors (Lipinski definition) is 1. The van der Waals surface area contributed by atoms with Gasteiger partial charge >= 0.3 is 0 Å². The van der Waals surface area contributed by atoms with Crippen LogP contribution in [0, 0.1) is 0 Å². The van der Waals surface area contributed by atoms with Gasteiger partial charge in [0.1, 0.15) is 0 Å². The summed E-state index contributed by atoms with van der Waals surface area (Å²) in [5.41, 5.74) is 0. The first-order chi connectivity index (χ1) is 6.22. The zero-order valence-corrected chi connectivity index (χ0v) is 10.5. The monoisotopic (exact) mass is 261 g/mol. The van der Waals surface area contributed by atoms with Crippen LogP contribution in [-0.2, 0) is 6.42 Å². The Morgan fingerprint density at radius 3 is 2.85 bits per heavy atom. The summed E-state index contributed by atoms with van der Waals surface area (Å²) in [5.74, 6) is 0. The molecule has 74 valence electrons. The summed E-state index contributed by atoms with van der Waals surface area (Å²) in [6.45, 7) is 5.52. The molecule has 1 atom stereocenters. The first kappa shape index (κ1) is 11.2. The molecule has 1 unspecified atom stereocenters. The summed E-state index contributed by atoms with van der Waals surface area (Å²) in [6, 6.07) is 4.94. The molecule has 0 aliphatic rings. The molecule has 0 fully saturated rings. The minimum Gasteiger partial charge on any atom is -0.314 e. The van der Waals surface area contributed by atoms with Crippen molar-refractivity contribution in [3.05, 3.63) is 20.8 Å². The molecule has 13 heavy (non-hydrogen) atoms. The predicted molar refractivity (Wildman–Crippen MR) is 63.5 cm³/mol. The fourth-order valence-electron chi connectivity index (χ4n) is 1.07. The molecule has 0 aliphatic carbocycles. The Morgan fingerprint density at radius 2 is 2.31 bits per heavy atom. The van der Waals surface area contributed by atoms with E-state index in [1.807, 2.05) is 11.3 Å². The summed E-state index contributed by atoms with van der Waals surface area (Å²) in [4.78, 5) is 1.45. The van der Waals surface area contributed by atoms with Crippen molar-refractivity contribution >= 4 is 27.3 Å². The van der Waals surface area contributed by atoms with Crippen LogP contribution in [0.25, 0.3) is 0 Å². The Balaban J connectivity index is 2.20. The van der Waals surface area contributed by atoms with Gasteiger partial charge in [0.25, 0.3) is 0 Å². The van der Waals surface area contributed by atoms with Crippen LogP contribution in [0.15, 0.2) is 15.9 Å². The third-order valence-electron chi connectivity index (χ3n) is 2.11. The molecule has 0 aliphatic heterocycles. The van der Waals surface area contributed by atoms with E-state index in [-0.39, 0.29) is 0 Å². The molecule has 1 N–H and O–H groups in total. The number of thiophene rings is 1. The van der Waals surface area contributed by atoms with E-state index < -0.39 is 0 Å². The van der Waals surface area contributed by atoms with Crippen molar-refractivity contribution in [2.24, 2.45) is 0 Å². The van der Waals surface area contributed by atoms with Gasteiger partial charge in [-0.15, -0.1) is 11.3 Å². The van der Waals surface area contributed by atoms with Crippen LogP contribution in [0.4, 0.5) is 0 Å². The highest BCUT2D eigenvalue weighted by Gasteiger charge is 1.99. The van der Waals surface area contributed by atoms with E-state index >= 15 is 0 Å². The van der Waals surface area contributed by atoms with Crippen molar-refractivity contribution in [3.8, 4) is 0 Å². The lowest BCUT2D eigenvalue weighted by Crippen LogP contribution is -2.26. The summed E-state index contributed by atoms with van der Waals surface area (Å²) < 4.78 is 1.23. The van der Waals surface area contributed by atoms with E-state index in [0.29, 0.717) is 6.04 Å². The first-order valence-corrected chi connectivity index (χ1v) is 6.31. The Labute approximate surface area is 92.7 Å². The van der Waals surface area contributed by atoms with Gasteiger partial charge < -0.3 is 5.32 Å². The quantitative estimate of drug-likeness (QED) is 0.857. The average Bonchev–Trinajstić information content (AvgIpc) is 2.51. The molecule has 1 heterocycles. The number of halogens is 1. The molecule has 0 radical (unpaired) electrons. The van der Waals surface area contributed by atoms with Crippen molar-refractivity contribution in [2.75, 3.05) is 6.54 Å². The van der Waals surface area contributed by atoms with Gasteiger partial charge in [-0.3, -0.25) is 0 Å². The summed E-state index contributed by atoms with van der Waals surface area (Å²) >= 11 is 5.29. The zero-order valence-electron chi connectivity index (χ0n) is 8.14. The molecule has 0 aromatic carbocycles. The summed E-state index contributed by atoms with van der Waals surface area (Å²) in [7, 11) is 0. The maximum Gasteiger partial charge on any atom is 0.0701 e. The van der Waals surface area contributed by atoms with Crippen LogP contribution >= 0.6 is 27.3 Å². The van der Waals surface area contributed by atoms with Gasteiger partial charge in [0, 0.05) is 17.5 Å². The largest absolute Gasteiger partial charge is 0.314 e. The molecule has 1 aromatic rings. The van der Waals surface area contributed by atoms with E-state index in [2.05, 4.69) is 47.2 Å².